The zero-order valence-electron chi connectivity index (χ0n) is 31.1. The Kier molecular flexibility index (Phi) is 8.13. The molecule has 6 unspecified atom stereocenters. The second-order valence-electron chi connectivity index (χ2n) is 17.4. The van der Waals surface area contributed by atoms with E-state index < -0.39 is 63.9 Å². The average molecular weight is 731 g/mol. The van der Waals surface area contributed by atoms with Crippen molar-refractivity contribution < 1.29 is 54.4 Å². The van der Waals surface area contributed by atoms with Crippen molar-refractivity contribution in [3.05, 3.63) is 52.1 Å². The van der Waals surface area contributed by atoms with Gasteiger partial charge in [0.15, 0.2) is 40.6 Å². The Labute approximate surface area is 309 Å². The molecule has 0 bridgehead atoms. The molecule has 11 heteroatoms. The molecule has 0 saturated heterocycles. The maximum absolute atomic E-state index is 13.8. The van der Waals surface area contributed by atoms with Crippen molar-refractivity contribution in [2.75, 3.05) is 0 Å². The maximum atomic E-state index is 13.8. The first-order chi connectivity index (χ1) is 24.9. The molecule has 3 aliphatic heterocycles. The summed E-state index contributed by atoms with van der Waals surface area (Å²) in [5, 5.41) is 61.8. The number of ether oxygens (including phenoxy) is 4. The highest BCUT2D eigenvalue weighted by Crippen LogP contribution is 2.66. The molecular formula is C42H50O11. The number of phenolic OH excluding ortho intramolecular Hbond substituents is 6. The molecule has 3 heterocycles. The van der Waals surface area contributed by atoms with Crippen LogP contribution in [0.25, 0.3) is 0 Å². The number of fused-ring (bicyclic) bond motifs is 10. The number of hydrogen-bond donors (Lipinski definition) is 6. The van der Waals surface area contributed by atoms with Crippen molar-refractivity contribution in [2.24, 2.45) is 23.7 Å². The highest BCUT2D eigenvalue weighted by Gasteiger charge is 2.55. The molecule has 53 heavy (non-hydrogen) atoms. The van der Waals surface area contributed by atoms with E-state index >= 15 is 0 Å². The fourth-order valence-corrected chi connectivity index (χ4v) is 10.4. The van der Waals surface area contributed by atoms with Gasteiger partial charge in [0.25, 0.3) is 0 Å². The SMILES string of the molecule is CC1CCC2C(C1)c1c(c3c(c4c1OC(C)(C)C1CCC(C)CC41)O[C@H](c1cc(O)c(O)c(O)c1)[C@H](OC(=O)c1cc(O)c(O)c(O)c1)C3)OC2(C)C. The lowest BCUT2D eigenvalue weighted by Gasteiger charge is -2.54. The fraction of sp³-hybridized carbons (Fsp3) is 0.548. The van der Waals surface area contributed by atoms with Gasteiger partial charge < -0.3 is 49.6 Å². The predicted molar refractivity (Wildman–Crippen MR) is 193 cm³/mol. The molecule has 8 rings (SSSR count). The largest absolute Gasteiger partial charge is 0.504 e. The quantitative estimate of drug-likeness (QED) is 0.113. The Morgan fingerprint density at radius 1 is 0.679 bits per heavy atom. The van der Waals surface area contributed by atoms with Gasteiger partial charge >= 0.3 is 5.97 Å². The molecule has 284 valence electrons. The average Bonchev–Trinajstić information content (AvgIpc) is 3.08. The molecule has 0 spiro atoms. The van der Waals surface area contributed by atoms with Crippen LogP contribution in [0.15, 0.2) is 24.3 Å². The standard InChI is InChI=1S/C42H50O11/c1-18-7-9-25-22(11-18)32-37-24(38-33(39(32)53-42(25,5)6)23-12-19(2)8-10-26(23)41(3,4)52-38)17-31(36(51-37)20-13-27(43)34(47)28(44)14-20)50-40(49)21-15-29(45)35(48)30(46)16-21/h13-16,18-19,22-23,25-26,31,36,43-48H,7-12,17H2,1-6H3/t18?,19?,22?,23?,25?,26?,31-,36-/m1/s1. The summed E-state index contributed by atoms with van der Waals surface area (Å²) in [5.74, 6) is -1.12. The minimum atomic E-state index is -1.08. The van der Waals surface area contributed by atoms with Crippen LogP contribution in [0.3, 0.4) is 0 Å². The molecule has 0 amide bonds. The van der Waals surface area contributed by atoms with Gasteiger partial charge in [-0.15, -0.1) is 0 Å². The second-order valence-corrected chi connectivity index (χ2v) is 17.4. The number of rotatable bonds is 3. The lowest BCUT2D eigenvalue weighted by Crippen LogP contribution is -2.50. The molecule has 5 aliphatic rings. The normalized spacial score (nSPS) is 30.5. The van der Waals surface area contributed by atoms with Crippen molar-refractivity contribution in [2.45, 2.75) is 122 Å². The summed E-state index contributed by atoms with van der Waals surface area (Å²) in [5.41, 5.74) is 1.86. The van der Waals surface area contributed by atoms with E-state index in [2.05, 4.69) is 41.5 Å². The number of hydrogen-bond acceptors (Lipinski definition) is 11. The van der Waals surface area contributed by atoms with Gasteiger partial charge in [-0.25, -0.2) is 4.79 Å². The van der Waals surface area contributed by atoms with E-state index in [9.17, 15) is 35.4 Å². The van der Waals surface area contributed by atoms with Gasteiger partial charge in [-0.3, -0.25) is 0 Å². The highest BCUT2D eigenvalue weighted by atomic mass is 16.6. The zero-order valence-corrected chi connectivity index (χ0v) is 31.1. The van der Waals surface area contributed by atoms with Crippen molar-refractivity contribution >= 4 is 5.97 Å². The second kappa shape index (κ2) is 12.2. The van der Waals surface area contributed by atoms with E-state index in [0.29, 0.717) is 23.3 Å². The van der Waals surface area contributed by atoms with Gasteiger partial charge in [0.05, 0.1) is 5.56 Å². The van der Waals surface area contributed by atoms with Crippen molar-refractivity contribution in [3.63, 3.8) is 0 Å². The molecule has 2 saturated carbocycles. The van der Waals surface area contributed by atoms with Crippen LogP contribution in [0.2, 0.25) is 0 Å². The number of esters is 1. The van der Waals surface area contributed by atoms with Crippen molar-refractivity contribution in [1.82, 2.24) is 0 Å². The lowest BCUT2D eigenvalue weighted by molar-refractivity contribution is -0.0431. The van der Waals surface area contributed by atoms with Gasteiger partial charge in [0.1, 0.15) is 34.6 Å². The summed E-state index contributed by atoms with van der Waals surface area (Å²) < 4.78 is 27.5. The predicted octanol–water partition coefficient (Wildman–Crippen LogP) is 8.20. The van der Waals surface area contributed by atoms with Crippen LogP contribution < -0.4 is 14.2 Å². The Morgan fingerprint density at radius 2 is 1.15 bits per heavy atom. The van der Waals surface area contributed by atoms with Crippen molar-refractivity contribution in [3.8, 4) is 51.7 Å². The summed E-state index contributed by atoms with van der Waals surface area (Å²) >= 11 is 0. The first kappa shape index (κ1) is 35.4. The Hall–Kier alpha value is -4.67. The molecule has 0 aromatic heterocycles. The van der Waals surface area contributed by atoms with E-state index in [1.165, 1.54) is 12.1 Å². The third-order valence-corrected chi connectivity index (χ3v) is 13.0. The van der Waals surface area contributed by atoms with Crippen LogP contribution in [0, 0.1) is 23.7 Å². The van der Waals surface area contributed by atoms with Crippen LogP contribution in [0.5, 0.6) is 51.7 Å². The third-order valence-electron chi connectivity index (χ3n) is 13.0. The minimum absolute atomic E-state index is 0.107. The van der Waals surface area contributed by atoms with E-state index in [1.807, 2.05) is 0 Å². The van der Waals surface area contributed by atoms with Crippen molar-refractivity contribution in [1.29, 1.82) is 0 Å². The summed E-state index contributed by atoms with van der Waals surface area (Å²) in [7, 11) is 0. The number of carbonyl (C=O) groups is 1. The van der Waals surface area contributed by atoms with Gasteiger partial charge in [-0.05, 0) is 101 Å². The third kappa shape index (κ3) is 5.64. The highest BCUT2D eigenvalue weighted by molar-refractivity contribution is 5.91. The number of aromatic hydroxyl groups is 6. The smallest absolute Gasteiger partial charge is 0.338 e. The monoisotopic (exact) mass is 730 g/mol. The van der Waals surface area contributed by atoms with Crippen LogP contribution in [-0.2, 0) is 11.2 Å². The lowest BCUT2D eigenvalue weighted by atomic mass is 9.60. The molecule has 6 N–H and O–H groups in total. The molecule has 11 nitrogen and oxygen atoms in total. The van der Waals surface area contributed by atoms with E-state index in [0.717, 1.165) is 73.1 Å². The van der Waals surface area contributed by atoms with Gasteiger partial charge in [-0.2, -0.15) is 0 Å². The van der Waals surface area contributed by atoms with Crippen LogP contribution in [0.4, 0.5) is 0 Å². The molecule has 8 atom stereocenters. The Morgan fingerprint density at radius 3 is 1.68 bits per heavy atom. The molecule has 2 fully saturated rings. The summed E-state index contributed by atoms with van der Waals surface area (Å²) in [6.07, 6.45) is 4.10. The van der Waals surface area contributed by atoms with Gasteiger partial charge in [0.2, 0.25) is 0 Å². The van der Waals surface area contributed by atoms with Crippen LogP contribution in [0.1, 0.15) is 131 Å². The first-order valence-electron chi connectivity index (χ1n) is 18.9. The molecular weight excluding hydrogens is 680 g/mol. The van der Waals surface area contributed by atoms with Crippen LogP contribution in [-0.4, -0.2) is 53.9 Å². The fourth-order valence-electron chi connectivity index (χ4n) is 10.4. The zero-order chi connectivity index (χ0) is 37.9. The summed E-state index contributed by atoms with van der Waals surface area (Å²) in [6, 6.07) is 4.54. The van der Waals surface area contributed by atoms with E-state index in [1.54, 1.807) is 0 Å². The number of carbonyl (C=O) groups excluding carboxylic acids is 1. The topological polar surface area (TPSA) is 175 Å². The first-order valence-corrected chi connectivity index (χ1v) is 18.9. The molecule has 3 aromatic carbocycles. The maximum Gasteiger partial charge on any atom is 0.338 e. The number of phenols is 6. The minimum Gasteiger partial charge on any atom is -0.504 e. The summed E-state index contributed by atoms with van der Waals surface area (Å²) in [6.45, 7) is 13.2. The molecule has 2 aliphatic carbocycles. The van der Waals surface area contributed by atoms with E-state index in [4.69, 9.17) is 18.9 Å². The van der Waals surface area contributed by atoms with Gasteiger partial charge in [-0.1, -0.05) is 26.7 Å². The summed E-state index contributed by atoms with van der Waals surface area (Å²) in [4.78, 5) is 13.8. The Bertz CT molecular complexity index is 1950. The molecule has 3 aromatic rings. The molecule has 0 radical (unpaired) electrons. The Balaban J connectivity index is 1.35. The van der Waals surface area contributed by atoms with E-state index in [-0.39, 0.29) is 41.2 Å². The van der Waals surface area contributed by atoms with Crippen LogP contribution >= 0.6 is 0 Å². The number of benzene rings is 3. The van der Waals surface area contributed by atoms with Gasteiger partial charge in [0, 0.05) is 40.5 Å².